The summed E-state index contributed by atoms with van der Waals surface area (Å²) in [4.78, 5) is 11.2. The Morgan fingerprint density at radius 3 is 2.65 bits per heavy atom. The molecule has 1 saturated carbocycles. The van der Waals surface area contributed by atoms with Gasteiger partial charge in [0.1, 0.15) is 5.75 Å². The summed E-state index contributed by atoms with van der Waals surface area (Å²) >= 11 is 0. The fourth-order valence-electron chi connectivity index (χ4n) is 1.97. The normalized spacial score (nSPS) is 14.7. The fraction of sp³-hybridized carbons (Fsp3) is 0.462. The van der Waals surface area contributed by atoms with Gasteiger partial charge in [0.15, 0.2) is 0 Å². The molecule has 1 aliphatic rings. The van der Waals surface area contributed by atoms with Crippen molar-refractivity contribution in [1.29, 1.82) is 0 Å². The third kappa shape index (κ3) is 2.42. The van der Waals surface area contributed by atoms with Gasteiger partial charge in [-0.3, -0.25) is 0 Å². The van der Waals surface area contributed by atoms with Gasteiger partial charge in [-0.15, -0.1) is 0 Å². The molecule has 92 valence electrons. The fourth-order valence-corrected chi connectivity index (χ4v) is 1.97. The Balaban J connectivity index is 2.48. The van der Waals surface area contributed by atoms with Gasteiger partial charge >= 0.3 is 5.97 Å². The first-order valence-corrected chi connectivity index (χ1v) is 5.81. The molecular weight excluding hydrogens is 220 g/mol. The molecule has 1 aromatic carbocycles. The number of carboxylic acids is 1. The van der Waals surface area contributed by atoms with Crippen LogP contribution in [0.3, 0.4) is 0 Å². The molecule has 0 heterocycles. The first-order valence-electron chi connectivity index (χ1n) is 5.81. The minimum Gasteiger partial charge on any atom is -0.493 e. The lowest BCUT2D eigenvalue weighted by Crippen LogP contribution is -2.06. The summed E-state index contributed by atoms with van der Waals surface area (Å²) in [5.41, 5.74) is 1.79. The molecule has 4 nitrogen and oxygen atoms in total. The SMILES string of the molecule is CCOc1cc(C(=O)O)c(C2CC2)cc1CO. The molecular formula is C13H16O4. The third-order valence-corrected chi connectivity index (χ3v) is 2.95. The number of aromatic carboxylic acids is 1. The monoisotopic (exact) mass is 236 g/mol. The van der Waals surface area contributed by atoms with Gasteiger partial charge in [0, 0.05) is 5.56 Å². The molecule has 0 aliphatic heterocycles. The van der Waals surface area contributed by atoms with Gasteiger partial charge in [0.2, 0.25) is 0 Å². The summed E-state index contributed by atoms with van der Waals surface area (Å²) in [6, 6.07) is 3.30. The van der Waals surface area contributed by atoms with Crippen molar-refractivity contribution in [1.82, 2.24) is 0 Å². The standard InChI is InChI=1S/C13H16O4/c1-2-17-12-6-11(13(15)16)10(8-3-4-8)5-9(12)7-14/h5-6,8,14H,2-4,7H2,1H3,(H,15,16). The van der Waals surface area contributed by atoms with E-state index in [0.717, 1.165) is 18.4 Å². The minimum absolute atomic E-state index is 0.130. The number of hydrogen-bond donors (Lipinski definition) is 2. The first-order chi connectivity index (χ1) is 8.17. The largest absolute Gasteiger partial charge is 0.493 e. The van der Waals surface area contributed by atoms with Crippen molar-refractivity contribution in [3.05, 3.63) is 28.8 Å². The smallest absolute Gasteiger partial charge is 0.336 e. The Morgan fingerprint density at radius 2 is 2.18 bits per heavy atom. The van der Waals surface area contributed by atoms with E-state index < -0.39 is 5.97 Å². The van der Waals surface area contributed by atoms with E-state index in [2.05, 4.69) is 0 Å². The third-order valence-electron chi connectivity index (χ3n) is 2.95. The van der Waals surface area contributed by atoms with Gasteiger partial charge in [0.25, 0.3) is 0 Å². The summed E-state index contributed by atoms with van der Waals surface area (Å²) in [6.45, 7) is 2.15. The lowest BCUT2D eigenvalue weighted by atomic mass is 9.99. The van der Waals surface area contributed by atoms with Crippen LogP contribution in [0.4, 0.5) is 0 Å². The highest BCUT2D eigenvalue weighted by atomic mass is 16.5. The number of benzene rings is 1. The van der Waals surface area contributed by atoms with E-state index in [0.29, 0.717) is 29.4 Å². The zero-order valence-electron chi connectivity index (χ0n) is 9.77. The van der Waals surface area contributed by atoms with E-state index in [4.69, 9.17) is 4.74 Å². The van der Waals surface area contributed by atoms with E-state index >= 15 is 0 Å². The molecule has 1 fully saturated rings. The molecule has 1 aliphatic carbocycles. The topological polar surface area (TPSA) is 66.8 Å². The predicted octanol–water partition coefficient (Wildman–Crippen LogP) is 2.15. The number of aliphatic hydroxyl groups is 1. The van der Waals surface area contributed by atoms with Crippen LogP contribution in [0.2, 0.25) is 0 Å². The summed E-state index contributed by atoms with van der Waals surface area (Å²) < 4.78 is 5.35. The van der Waals surface area contributed by atoms with Crippen molar-refractivity contribution in [3.8, 4) is 5.75 Å². The Bertz CT molecular complexity index is 435. The minimum atomic E-state index is -0.933. The molecule has 17 heavy (non-hydrogen) atoms. The number of aliphatic hydroxyl groups excluding tert-OH is 1. The van der Waals surface area contributed by atoms with Crippen LogP contribution in [-0.2, 0) is 6.61 Å². The molecule has 0 radical (unpaired) electrons. The van der Waals surface area contributed by atoms with Crippen molar-refractivity contribution in [2.75, 3.05) is 6.61 Å². The first kappa shape index (κ1) is 11.9. The summed E-state index contributed by atoms with van der Waals surface area (Å²) in [6.07, 6.45) is 2.05. The number of rotatable bonds is 5. The maximum Gasteiger partial charge on any atom is 0.336 e. The quantitative estimate of drug-likeness (QED) is 0.822. The van der Waals surface area contributed by atoms with Crippen molar-refractivity contribution < 1.29 is 19.7 Å². The van der Waals surface area contributed by atoms with Crippen LogP contribution >= 0.6 is 0 Å². The lowest BCUT2D eigenvalue weighted by Gasteiger charge is -2.13. The predicted molar refractivity (Wildman–Crippen MR) is 62.5 cm³/mol. The maximum atomic E-state index is 11.2. The second-order valence-corrected chi connectivity index (χ2v) is 4.22. The van der Waals surface area contributed by atoms with Gasteiger partial charge in [-0.1, -0.05) is 0 Å². The molecule has 0 amide bonds. The summed E-state index contributed by atoms with van der Waals surface area (Å²) in [5, 5.41) is 18.5. The van der Waals surface area contributed by atoms with E-state index in [1.165, 1.54) is 6.07 Å². The second-order valence-electron chi connectivity index (χ2n) is 4.22. The van der Waals surface area contributed by atoms with Crippen LogP contribution in [0, 0.1) is 0 Å². The number of ether oxygens (including phenoxy) is 1. The highest BCUT2D eigenvalue weighted by molar-refractivity contribution is 5.90. The molecule has 0 atom stereocenters. The number of carboxylic acid groups (broad SMARTS) is 1. The summed E-state index contributed by atoms with van der Waals surface area (Å²) in [5.74, 6) is -0.129. The van der Waals surface area contributed by atoms with Gasteiger partial charge in [-0.05, 0) is 43.4 Å². The highest BCUT2D eigenvalue weighted by Crippen LogP contribution is 2.43. The molecule has 0 saturated heterocycles. The summed E-state index contributed by atoms with van der Waals surface area (Å²) in [7, 11) is 0. The van der Waals surface area contributed by atoms with Crippen LogP contribution in [-0.4, -0.2) is 22.8 Å². The highest BCUT2D eigenvalue weighted by Gasteiger charge is 2.29. The molecule has 2 rings (SSSR count). The molecule has 0 bridgehead atoms. The van der Waals surface area contributed by atoms with Crippen LogP contribution in [0.5, 0.6) is 5.75 Å². The Kier molecular flexibility index (Phi) is 3.33. The van der Waals surface area contributed by atoms with Crippen molar-refractivity contribution in [3.63, 3.8) is 0 Å². The van der Waals surface area contributed by atoms with Crippen LogP contribution in [0.15, 0.2) is 12.1 Å². The molecule has 0 unspecified atom stereocenters. The van der Waals surface area contributed by atoms with E-state index in [1.54, 1.807) is 6.07 Å². The van der Waals surface area contributed by atoms with Gasteiger partial charge in [0.05, 0.1) is 18.8 Å². The van der Waals surface area contributed by atoms with Crippen LogP contribution in [0.1, 0.15) is 47.2 Å². The average Bonchev–Trinajstić information content (AvgIpc) is 3.12. The van der Waals surface area contributed by atoms with Crippen LogP contribution in [0.25, 0.3) is 0 Å². The van der Waals surface area contributed by atoms with Crippen molar-refractivity contribution >= 4 is 5.97 Å². The van der Waals surface area contributed by atoms with Crippen molar-refractivity contribution in [2.45, 2.75) is 32.3 Å². The molecule has 0 spiro atoms. The Morgan fingerprint density at radius 1 is 1.47 bits per heavy atom. The molecule has 2 N–H and O–H groups in total. The van der Waals surface area contributed by atoms with Gasteiger partial charge < -0.3 is 14.9 Å². The number of carbonyl (C=O) groups is 1. The molecule has 0 aromatic heterocycles. The van der Waals surface area contributed by atoms with Gasteiger partial charge in [-0.25, -0.2) is 4.79 Å². The van der Waals surface area contributed by atoms with E-state index in [-0.39, 0.29) is 6.61 Å². The molecule has 1 aromatic rings. The van der Waals surface area contributed by atoms with Gasteiger partial charge in [-0.2, -0.15) is 0 Å². The van der Waals surface area contributed by atoms with Crippen LogP contribution < -0.4 is 4.74 Å². The Hall–Kier alpha value is -1.55. The van der Waals surface area contributed by atoms with E-state index in [9.17, 15) is 15.0 Å². The zero-order valence-corrected chi connectivity index (χ0v) is 9.77. The maximum absolute atomic E-state index is 11.2. The van der Waals surface area contributed by atoms with Crippen molar-refractivity contribution in [2.24, 2.45) is 0 Å². The lowest BCUT2D eigenvalue weighted by molar-refractivity contribution is 0.0695. The Labute approximate surface area is 99.8 Å². The molecule has 4 heteroatoms. The van der Waals surface area contributed by atoms with E-state index in [1.807, 2.05) is 6.92 Å². The average molecular weight is 236 g/mol. The zero-order chi connectivity index (χ0) is 12.4. The second kappa shape index (κ2) is 4.75. The number of hydrogen-bond acceptors (Lipinski definition) is 3.